The Balaban J connectivity index is 2.24. The normalized spacial score (nSPS) is 22.2. The van der Waals surface area contributed by atoms with E-state index in [4.69, 9.17) is 22.1 Å². The molecule has 0 bridgehead atoms. The van der Waals surface area contributed by atoms with Crippen molar-refractivity contribution in [1.29, 1.82) is 0 Å². The van der Waals surface area contributed by atoms with Gasteiger partial charge in [-0.05, 0) is 37.0 Å². The van der Waals surface area contributed by atoms with Crippen LogP contribution in [0.3, 0.4) is 0 Å². The van der Waals surface area contributed by atoms with Crippen LogP contribution in [0.5, 0.6) is 5.75 Å². The number of methoxy groups -OCH3 is 1. The summed E-state index contributed by atoms with van der Waals surface area (Å²) in [7, 11) is 1.56. The maximum atomic E-state index is 12.8. The van der Waals surface area contributed by atoms with Crippen LogP contribution < -0.4 is 10.5 Å². The summed E-state index contributed by atoms with van der Waals surface area (Å²) >= 11 is 6.02. The van der Waals surface area contributed by atoms with E-state index in [9.17, 15) is 4.79 Å². The van der Waals surface area contributed by atoms with Crippen molar-refractivity contribution < 1.29 is 9.53 Å². The highest BCUT2D eigenvalue weighted by molar-refractivity contribution is 6.31. The van der Waals surface area contributed by atoms with Gasteiger partial charge in [0.25, 0.3) is 5.91 Å². The zero-order valence-corrected chi connectivity index (χ0v) is 13.4. The minimum atomic E-state index is -0.0423. The molecule has 0 radical (unpaired) electrons. The molecule has 1 amide bonds. The molecule has 0 aliphatic carbocycles. The molecule has 1 aromatic carbocycles. The quantitative estimate of drug-likeness (QED) is 0.930. The van der Waals surface area contributed by atoms with Gasteiger partial charge in [0.1, 0.15) is 5.75 Å². The summed E-state index contributed by atoms with van der Waals surface area (Å²) in [6.07, 6.45) is 3.14. The van der Waals surface area contributed by atoms with E-state index >= 15 is 0 Å². The van der Waals surface area contributed by atoms with Crippen molar-refractivity contribution in [2.45, 2.75) is 32.2 Å². The summed E-state index contributed by atoms with van der Waals surface area (Å²) in [6.45, 7) is 3.43. The molecule has 1 saturated heterocycles. The van der Waals surface area contributed by atoms with E-state index in [-0.39, 0.29) is 11.9 Å². The smallest absolute Gasteiger partial charge is 0.257 e. The van der Waals surface area contributed by atoms with E-state index in [0.717, 1.165) is 25.8 Å². The summed E-state index contributed by atoms with van der Waals surface area (Å²) in [5, 5.41) is 0.534. The number of halogens is 1. The summed E-state index contributed by atoms with van der Waals surface area (Å²) < 4.78 is 5.29. The molecule has 116 valence electrons. The predicted molar refractivity (Wildman–Crippen MR) is 84.9 cm³/mol. The maximum absolute atomic E-state index is 12.8. The minimum Gasteiger partial charge on any atom is -0.496 e. The topological polar surface area (TPSA) is 55.6 Å². The second-order valence-electron chi connectivity index (χ2n) is 5.53. The molecule has 0 saturated carbocycles. The van der Waals surface area contributed by atoms with Crippen molar-refractivity contribution in [3.8, 4) is 5.75 Å². The van der Waals surface area contributed by atoms with Crippen LogP contribution in [0.15, 0.2) is 18.2 Å². The Kier molecular flexibility index (Phi) is 5.48. The average molecular weight is 311 g/mol. The molecule has 2 rings (SSSR count). The zero-order valence-electron chi connectivity index (χ0n) is 12.6. The number of hydrogen-bond acceptors (Lipinski definition) is 3. The lowest BCUT2D eigenvalue weighted by atomic mass is 9.88. The van der Waals surface area contributed by atoms with Gasteiger partial charge in [0, 0.05) is 24.2 Å². The van der Waals surface area contributed by atoms with Gasteiger partial charge in [-0.2, -0.15) is 0 Å². The second kappa shape index (κ2) is 7.14. The summed E-state index contributed by atoms with van der Waals surface area (Å²) in [4.78, 5) is 14.7. The fraction of sp³-hybridized carbons (Fsp3) is 0.562. The van der Waals surface area contributed by atoms with Crippen molar-refractivity contribution in [3.05, 3.63) is 28.8 Å². The van der Waals surface area contributed by atoms with Gasteiger partial charge in [0.15, 0.2) is 0 Å². The first-order valence-electron chi connectivity index (χ1n) is 7.45. The number of rotatable bonds is 4. The van der Waals surface area contributed by atoms with Crippen LogP contribution in [0, 0.1) is 5.92 Å². The number of hydrogen-bond donors (Lipinski definition) is 1. The molecule has 21 heavy (non-hydrogen) atoms. The van der Waals surface area contributed by atoms with Crippen molar-refractivity contribution >= 4 is 17.5 Å². The molecule has 1 heterocycles. The second-order valence-corrected chi connectivity index (χ2v) is 5.97. The molecule has 0 spiro atoms. The molecular formula is C16H23ClN2O2. The highest BCUT2D eigenvalue weighted by atomic mass is 35.5. The van der Waals surface area contributed by atoms with Gasteiger partial charge >= 0.3 is 0 Å². The summed E-state index contributed by atoms with van der Waals surface area (Å²) in [5.41, 5.74) is 6.39. The molecule has 1 aliphatic heterocycles. The number of carbonyl (C=O) groups is 1. The number of piperidine rings is 1. The first-order valence-corrected chi connectivity index (χ1v) is 7.83. The number of nitrogens with zero attached hydrogens (tertiary/aromatic N) is 1. The average Bonchev–Trinajstić information content (AvgIpc) is 2.53. The van der Waals surface area contributed by atoms with Crippen molar-refractivity contribution in [3.63, 3.8) is 0 Å². The lowest BCUT2D eigenvalue weighted by Gasteiger charge is -2.39. The fourth-order valence-corrected chi connectivity index (χ4v) is 3.17. The molecule has 4 nitrogen and oxygen atoms in total. The molecular weight excluding hydrogens is 288 g/mol. The first-order chi connectivity index (χ1) is 10.1. The van der Waals surface area contributed by atoms with E-state index in [1.165, 1.54) is 0 Å². The Morgan fingerprint density at radius 2 is 2.29 bits per heavy atom. The van der Waals surface area contributed by atoms with Crippen molar-refractivity contribution in [2.75, 3.05) is 20.2 Å². The van der Waals surface area contributed by atoms with Crippen LogP contribution in [0.1, 0.15) is 36.5 Å². The molecule has 2 N–H and O–H groups in total. The molecule has 1 fully saturated rings. The third kappa shape index (κ3) is 3.50. The van der Waals surface area contributed by atoms with Crippen LogP contribution in [0.2, 0.25) is 5.02 Å². The van der Waals surface area contributed by atoms with E-state index in [1.54, 1.807) is 25.3 Å². The van der Waals surface area contributed by atoms with Crippen LogP contribution in [0.25, 0.3) is 0 Å². The number of benzene rings is 1. The van der Waals surface area contributed by atoms with Crippen molar-refractivity contribution in [2.24, 2.45) is 11.7 Å². The van der Waals surface area contributed by atoms with Gasteiger partial charge in [-0.15, -0.1) is 0 Å². The Labute approximate surface area is 131 Å². The number of amides is 1. The number of ether oxygens (including phenoxy) is 1. The van der Waals surface area contributed by atoms with E-state index < -0.39 is 0 Å². The van der Waals surface area contributed by atoms with Crippen LogP contribution in [0.4, 0.5) is 0 Å². The first kappa shape index (κ1) is 16.1. The van der Waals surface area contributed by atoms with Crippen LogP contribution in [-0.4, -0.2) is 37.0 Å². The lowest BCUT2D eigenvalue weighted by molar-refractivity contribution is 0.0555. The molecule has 2 atom stereocenters. The fourth-order valence-electron chi connectivity index (χ4n) is 3.00. The Morgan fingerprint density at radius 3 is 2.90 bits per heavy atom. The highest BCUT2D eigenvalue weighted by Gasteiger charge is 2.31. The molecule has 1 aliphatic rings. The number of likely N-dealkylation sites (tertiary alicyclic amines) is 1. The third-order valence-electron chi connectivity index (χ3n) is 4.33. The van der Waals surface area contributed by atoms with Gasteiger partial charge < -0.3 is 15.4 Å². The van der Waals surface area contributed by atoms with Gasteiger partial charge in [-0.3, -0.25) is 4.79 Å². The maximum Gasteiger partial charge on any atom is 0.257 e. The SMILES string of the molecule is CCC1CCN(C(=O)c2cc(Cl)ccc2OC)C(CN)C1. The molecule has 1 aromatic rings. The minimum absolute atomic E-state index is 0.0423. The standard InChI is InChI=1S/C16H23ClN2O2/c1-3-11-6-7-19(13(8-11)10-18)16(20)14-9-12(17)4-5-15(14)21-2/h4-5,9,11,13H,3,6-8,10,18H2,1-2H3. The van der Waals surface area contributed by atoms with Crippen LogP contribution in [-0.2, 0) is 0 Å². The molecule has 5 heteroatoms. The Bertz CT molecular complexity index is 507. The van der Waals surface area contributed by atoms with E-state index in [1.807, 2.05) is 4.90 Å². The number of nitrogens with two attached hydrogens (primary N) is 1. The highest BCUT2D eigenvalue weighted by Crippen LogP contribution is 2.29. The van der Waals surface area contributed by atoms with Gasteiger partial charge in [0.05, 0.1) is 12.7 Å². The molecule has 0 aromatic heterocycles. The summed E-state index contributed by atoms with van der Waals surface area (Å²) in [5.74, 6) is 1.17. The van der Waals surface area contributed by atoms with E-state index in [2.05, 4.69) is 6.92 Å². The monoisotopic (exact) mass is 310 g/mol. The third-order valence-corrected chi connectivity index (χ3v) is 4.56. The van der Waals surface area contributed by atoms with Gasteiger partial charge in [-0.25, -0.2) is 0 Å². The summed E-state index contributed by atoms with van der Waals surface area (Å²) in [6, 6.07) is 5.22. The van der Waals surface area contributed by atoms with Crippen molar-refractivity contribution in [1.82, 2.24) is 4.90 Å². The number of carbonyl (C=O) groups excluding carboxylic acids is 1. The zero-order chi connectivity index (χ0) is 15.4. The largest absolute Gasteiger partial charge is 0.496 e. The van der Waals surface area contributed by atoms with Gasteiger partial charge in [-0.1, -0.05) is 24.9 Å². The Hall–Kier alpha value is -1.26. The predicted octanol–water partition coefficient (Wildman–Crippen LogP) is 2.94. The lowest BCUT2D eigenvalue weighted by Crippen LogP contribution is -2.49. The van der Waals surface area contributed by atoms with E-state index in [0.29, 0.717) is 28.8 Å². The molecule has 2 unspecified atom stereocenters. The van der Waals surface area contributed by atoms with Crippen LogP contribution >= 0.6 is 11.6 Å². The Morgan fingerprint density at radius 1 is 1.52 bits per heavy atom. The van der Waals surface area contributed by atoms with Gasteiger partial charge in [0.2, 0.25) is 0 Å².